The van der Waals surface area contributed by atoms with Gasteiger partial charge < -0.3 is 14.5 Å². The first-order valence-electron chi connectivity index (χ1n) is 6.62. The third-order valence-electron chi connectivity index (χ3n) is 2.76. The summed E-state index contributed by atoms with van der Waals surface area (Å²) in [6.45, 7) is 7.44. The Hall–Kier alpha value is -1.10. The third kappa shape index (κ3) is 4.82. The molecular formula is C15H21NO2S. The lowest BCUT2D eigenvalue weighted by molar-refractivity contribution is 0.0940. The molecule has 0 spiro atoms. The van der Waals surface area contributed by atoms with Crippen LogP contribution in [0.25, 0.3) is 0 Å². The van der Waals surface area contributed by atoms with Crippen LogP contribution in [0.1, 0.15) is 30.0 Å². The van der Waals surface area contributed by atoms with E-state index in [2.05, 4.69) is 30.6 Å². The van der Waals surface area contributed by atoms with Gasteiger partial charge in [0.1, 0.15) is 12.4 Å². The number of thiophene rings is 1. The van der Waals surface area contributed by atoms with Gasteiger partial charge in [0.25, 0.3) is 0 Å². The molecule has 19 heavy (non-hydrogen) atoms. The molecule has 4 heteroatoms. The largest absolute Gasteiger partial charge is 0.467 e. The summed E-state index contributed by atoms with van der Waals surface area (Å²) < 4.78 is 11.2. The number of furan rings is 1. The minimum absolute atomic E-state index is 0.531. The smallest absolute Gasteiger partial charge is 0.133 e. The summed E-state index contributed by atoms with van der Waals surface area (Å²) in [5.41, 5.74) is 1.19. The molecule has 0 saturated carbocycles. The number of hydrogen-bond acceptors (Lipinski definition) is 4. The van der Waals surface area contributed by atoms with Gasteiger partial charge in [-0.25, -0.2) is 0 Å². The lowest BCUT2D eigenvalue weighted by atomic mass is 10.2. The van der Waals surface area contributed by atoms with Gasteiger partial charge >= 0.3 is 0 Å². The molecule has 2 aromatic heterocycles. The van der Waals surface area contributed by atoms with Crippen LogP contribution in [0.3, 0.4) is 0 Å². The Labute approximate surface area is 118 Å². The summed E-state index contributed by atoms with van der Waals surface area (Å²) in [7, 11) is 0. The van der Waals surface area contributed by atoms with E-state index in [-0.39, 0.29) is 0 Å². The van der Waals surface area contributed by atoms with Crippen LogP contribution in [0, 0.1) is 5.92 Å². The minimum atomic E-state index is 0.531. The van der Waals surface area contributed by atoms with Crippen molar-refractivity contribution in [3.8, 4) is 0 Å². The standard InChI is InChI=1S/C15H21NO2S/c1-12(2)8-16-9-13-5-6-18-15(13)11-17-10-14-4-3-7-19-14/h3-7,12,16H,8-11H2,1-2H3. The Morgan fingerprint density at radius 3 is 2.95 bits per heavy atom. The van der Waals surface area contributed by atoms with Crippen LogP contribution in [-0.2, 0) is 24.5 Å². The van der Waals surface area contributed by atoms with E-state index in [1.54, 1.807) is 17.6 Å². The van der Waals surface area contributed by atoms with Crippen molar-refractivity contribution < 1.29 is 9.15 Å². The fourth-order valence-corrected chi connectivity index (χ4v) is 2.43. The van der Waals surface area contributed by atoms with Crippen LogP contribution in [0.15, 0.2) is 34.3 Å². The highest BCUT2D eigenvalue weighted by atomic mass is 32.1. The number of hydrogen-bond donors (Lipinski definition) is 1. The molecule has 0 radical (unpaired) electrons. The molecule has 1 N–H and O–H groups in total. The molecule has 104 valence electrons. The number of rotatable bonds is 8. The third-order valence-corrected chi connectivity index (χ3v) is 3.61. The van der Waals surface area contributed by atoms with Gasteiger partial charge in [0.15, 0.2) is 0 Å². The first-order valence-corrected chi connectivity index (χ1v) is 7.49. The van der Waals surface area contributed by atoms with Crippen LogP contribution >= 0.6 is 11.3 Å². The Morgan fingerprint density at radius 2 is 2.21 bits per heavy atom. The Balaban J connectivity index is 1.75. The molecule has 3 nitrogen and oxygen atoms in total. The second-order valence-electron chi connectivity index (χ2n) is 4.97. The van der Waals surface area contributed by atoms with Crippen LogP contribution in [0.4, 0.5) is 0 Å². The molecule has 2 heterocycles. The Bertz CT molecular complexity index is 462. The average molecular weight is 279 g/mol. The molecule has 0 bridgehead atoms. The Morgan fingerprint density at radius 1 is 1.32 bits per heavy atom. The maximum Gasteiger partial charge on any atom is 0.133 e. The molecule has 0 fully saturated rings. The van der Waals surface area contributed by atoms with Gasteiger partial charge in [0, 0.05) is 17.0 Å². The van der Waals surface area contributed by atoms with Crippen LogP contribution in [-0.4, -0.2) is 6.54 Å². The Kier molecular flexibility index (Phi) is 5.63. The summed E-state index contributed by atoms with van der Waals surface area (Å²) in [6.07, 6.45) is 1.73. The minimum Gasteiger partial charge on any atom is -0.467 e. The monoisotopic (exact) mass is 279 g/mol. The van der Waals surface area contributed by atoms with E-state index in [1.165, 1.54) is 10.4 Å². The summed E-state index contributed by atoms with van der Waals surface area (Å²) in [5.74, 6) is 1.58. The van der Waals surface area contributed by atoms with Gasteiger partial charge in [-0.15, -0.1) is 11.3 Å². The molecule has 0 aliphatic carbocycles. The normalized spacial score (nSPS) is 11.3. The van der Waals surface area contributed by atoms with E-state index in [9.17, 15) is 0 Å². The number of nitrogens with one attached hydrogen (secondary N) is 1. The van der Waals surface area contributed by atoms with Crippen molar-refractivity contribution in [3.63, 3.8) is 0 Å². The van der Waals surface area contributed by atoms with Gasteiger partial charge in [-0.2, -0.15) is 0 Å². The van der Waals surface area contributed by atoms with Gasteiger partial charge in [-0.05, 0) is 30.0 Å². The predicted octanol–water partition coefficient (Wildman–Crippen LogP) is 3.80. The van der Waals surface area contributed by atoms with Crippen LogP contribution < -0.4 is 5.32 Å². The molecular weight excluding hydrogens is 258 g/mol. The van der Waals surface area contributed by atoms with Gasteiger partial charge in [0.05, 0.1) is 12.9 Å². The molecule has 0 atom stereocenters. The highest BCUT2D eigenvalue weighted by Gasteiger charge is 2.07. The second kappa shape index (κ2) is 7.48. The first-order chi connectivity index (χ1) is 9.25. The van der Waals surface area contributed by atoms with E-state index in [4.69, 9.17) is 9.15 Å². The molecule has 2 aromatic rings. The van der Waals surface area contributed by atoms with E-state index >= 15 is 0 Å². The molecule has 0 aliphatic rings. The summed E-state index contributed by atoms with van der Waals surface area (Å²) in [5, 5.41) is 5.48. The van der Waals surface area contributed by atoms with Crippen molar-refractivity contribution in [1.82, 2.24) is 5.32 Å². The van der Waals surface area contributed by atoms with Crippen molar-refractivity contribution in [3.05, 3.63) is 46.0 Å². The van der Waals surface area contributed by atoms with E-state index in [0.29, 0.717) is 19.1 Å². The van der Waals surface area contributed by atoms with E-state index in [1.807, 2.05) is 12.1 Å². The van der Waals surface area contributed by atoms with Crippen molar-refractivity contribution in [2.75, 3.05) is 6.54 Å². The summed E-state index contributed by atoms with van der Waals surface area (Å²) >= 11 is 1.71. The van der Waals surface area contributed by atoms with Crippen molar-refractivity contribution in [2.24, 2.45) is 5.92 Å². The number of ether oxygens (including phenoxy) is 1. The maximum atomic E-state index is 5.68. The summed E-state index contributed by atoms with van der Waals surface area (Å²) in [4.78, 5) is 1.24. The molecule has 0 saturated heterocycles. The fourth-order valence-electron chi connectivity index (χ4n) is 1.79. The lowest BCUT2D eigenvalue weighted by Gasteiger charge is -2.07. The van der Waals surface area contributed by atoms with Gasteiger partial charge in [0.2, 0.25) is 0 Å². The van der Waals surface area contributed by atoms with Crippen LogP contribution in [0.5, 0.6) is 0 Å². The fraction of sp³-hybridized carbons (Fsp3) is 0.467. The molecule has 0 aromatic carbocycles. The SMILES string of the molecule is CC(C)CNCc1ccoc1COCc1cccs1. The molecule has 0 amide bonds. The molecule has 2 rings (SSSR count). The van der Waals surface area contributed by atoms with E-state index in [0.717, 1.165) is 18.8 Å². The van der Waals surface area contributed by atoms with Crippen molar-refractivity contribution in [2.45, 2.75) is 33.6 Å². The van der Waals surface area contributed by atoms with Gasteiger partial charge in [-0.3, -0.25) is 0 Å². The second-order valence-corrected chi connectivity index (χ2v) is 6.00. The zero-order chi connectivity index (χ0) is 13.5. The molecule has 0 aliphatic heterocycles. The highest BCUT2D eigenvalue weighted by molar-refractivity contribution is 7.09. The van der Waals surface area contributed by atoms with Gasteiger partial charge in [-0.1, -0.05) is 19.9 Å². The van der Waals surface area contributed by atoms with Crippen LogP contribution in [0.2, 0.25) is 0 Å². The van der Waals surface area contributed by atoms with Crippen molar-refractivity contribution >= 4 is 11.3 Å². The highest BCUT2D eigenvalue weighted by Crippen LogP contribution is 2.15. The zero-order valence-corrected chi connectivity index (χ0v) is 12.3. The lowest BCUT2D eigenvalue weighted by Crippen LogP contribution is -2.19. The quantitative estimate of drug-likeness (QED) is 0.798. The topological polar surface area (TPSA) is 34.4 Å². The average Bonchev–Trinajstić information content (AvgIpc) is 3.01. The molecule has 0 unspecified atom stereocenters. The zero-order valence-electron chi connectivity index (χ0n) is 11.5. The van der Waals surface area contributed by atoms with Crippen molar-refractivity contribution in [1.29, 1.82) is 0 Å². The first kappa shape index (κ1) is 14.3. The van der Waals surface area contributed by atoms with E-state index < -0.39 is 0 Å². The predicted molar refractivity (Wildman–Crippen MR) is 78.1 cm³/mol. The maximum absolute atomic E-state index is 5.68. The summed E-state index contributed by atoms with van der Waals surface area (Å²) in [6, 6.07) is 6.13.